The highest BCUT2D eigenvalue weighted by Crippen LogP contribution is 2.29. The Bertz CT molecular complexity index is 1660. The molecule has 5 nitrogen and oxygen atoms in total. The largest absolute Gasteiger partial charge is 0.507 e. The van der Waals surface area contributed by atoms with Crippen molar-refractivity contribution in [1.29, 1.82) is 0 Å². The van der Waals surface area contributed by atoms with Crippen molar-refractivity contribution in [3.8, 4) is 5.75 Å². The fourth-order valence-electron chi connectivity index (χ4n) is 4.25. The minimum Gasteiger partial charge on any atom is -0.507 e. The Morgan fingerprint density at radius 1 is 0.850 bits per heavy atom. The molecule has 0 saturated carbocycles. The summed E-state index contributed by atoms with van der Waals surface area (Å²) in [7, 11) is 1.91. The smallest absolute Gasteiger partial charge is 0.269 e. The third-order valence-electron chi connectivity index (χ3n) is 6.50. The van der Waals surface area contributed by atoms with Gasteiger partial charge in [0, 0.05) is 29.4 Å². The first-order chi connectivity index (χ1) is 19.2. The van der Waals surface area contributed by atoms with E-state index in [0.29, 0.717) is 10.7 Å². The van der Waals surface area contributed by atoms with Gasteiger partial charge in [0.25, 0.3) is 5.17 Å². The molecule has 0 saturated heterocycles. The molecule has 1 aliphatic carbocycles. The van der Waals surface area contributed by atoms with Gasteiger partial charge in [0.2, 0.25) is 11.6 Å². The zero-order valence-corrected chi connectivity index (χ0v) is 23.8. The van der Waals surface area contributed by atoms with Gasteiger partial charge >= 0.3 is 0 Å². The Morgan fingerprint density at radius 3 is 2.23 bits per heavy atom. The fourth-order valence-corrected chi connectivity index (χ4v) is 4.46. The highest BCUT2D eigenvalue weighted by molar-refractivity contribution is 7.80. The number of hydrogen-bond donors (Lipinski definition) is 1. The van der Waals surface area contributed by atoms with Crippen LogP contribution in [0.3, 0.4) is 0 Å². The van der Waals surface area contributed by atoms with Gasteiger partial charge < -0.3 is 14.7 Å². The normalized spacial score (nSPS) is 12.3. The maximum absolute atomic E-state index is 11.9. The molecule has 0 aromatic heterocycles. The molecule has 6 heteroatoms. The summed E-state index contributed by atoms with van der Waals surface area (Å²) in [4.78, 5) is 25.7. The lowest BCUT2D eigenvalue weighted by Crippen LogP contribution is -2.29. The second-order valence-electron chi connectivity index (χ2n) is 9.79. The predicted molar refractivity (Wildman–Crippen MR) is 166 cm³/mol. The first-order valence-corrected chi connectivity index (χ1v) is 13.3. The van der Waals surface area contributed by atoms with Crippen LogP contribution in [0.5, 0.6) is 5.75 Å². The lowest BCUT2D eigenvalue weighted by molar-refractivity contribution is -0.112. The standard InChI is InChI=1S/C19H17NOS.C15H14O3/c1-14-6-5-9-17(12-14)20(2)19(22)21-18-11-10-15-7-3-4-8-16(15)13-18;1-9(2)7-8-12-13(16)10-5-3-4-6-11(10)14(17)15(12)18/h3-13H,1-2H3;3-7,16H,8H2,1-2H3. The molecule has 0 unspecified atom stereocenters. The number of anilines is 1. The maximum atomic E-state index is 11.9. The van der Waals surface area contributed by atoms with Crippen LogP contribution in [0.15, 0.2) is 108 Å². The number of hydrogen-bond acceptors (Lipinski definition) is 5. The molecule has 0 aliphatic heterocycles. The number of ketones is 2. The van der Waals surface area contributed by atoms with Crippen LogP contribution in [0.25, 0.3) is 16.5 Å². The number of aliphatic hydroxyl groups excluding tert-OH is 1. The quantitative estimate of drug-likeness (QED) is 0.158. The van der Waals surface area contributed by atoms with Crippen LogP contribution in [-0.4, -0.2) is 28.9 Å². The van der Waals surface area contributed by atoms with Gasteiger partial charge in [-0.2, -0.15) is 0 Å². The molecule has 202 valence electrons. The first kappa shape index (κ1) is 28.5. The third-order valence-corrected chi connectivity index (χ3v) is 6.85. The number of carbonyl (C=O) groups excluding carboxylic acids is 2. The molecule has 0 fully saturated rings. The average molecular weight is 550 g/mol. The van der Waals surface area contributed by atoms with Gasteiger partial charge in [0.15, 0.2) is 0 Å². The summed E-state index contributed by atoms with van der Waals surface area (Å²) in [6.45, 7) is 5.87. The van der Waals surface area contributed by atoms with Crippen LogP contribution in [-0.2, 0) is 4.79 Å². The summed E-state index contributed by atoms with van der Waals surface area (Å²) in [5, 5.41) is 12.9. The molecule has 40 heavy (non-hydrogen) atoms. The van der Waals surface area contributed by atoms with Gasteiger partial charge in [-0.15, -0.1) is 0 Å². The number of nitrogens with zero attached hydrogens (tertiary/aromatic N) is 1. The van der Waals surface area contributed by atoms with E-state index in [0.717, 1.165) is 22.4 Å². The number of aryl methyl sites for hydroxylation is 1. The minimum absolute atomic E-state index is 0.0762. The Hall–Kier alpha value is -4.55. The summed E-state index contributed by atoms with van der Waals surface area (Å²) < 4.78 is 5.84. The van der Waals surface area contributed by atoms with Gasteiger partial charge in [-0.1, -0.05) is 78.4 Å². The number of thiocarbonyl (C=S) groups is 1. The predicted octanol–water partition coefficient (Wildman–Crippen LogP) is 8.03. The number of allylic oxidation sites excluding steroid dienone is 3. The Balaban J connectivity index is 0.000000189. The highest BCUT2D eigenvalue weighted by Gasteiger charge is 2.31. The van der Waals surface area contributed by atoms with Crippen LogP contribution in [0.1, 0.15) is 41.8 Å². The van der Waals surface area contributed by atoms with Crippen molar-refractivity contribution in [3.63, 3.8) is 0 Å². The van der Waals surface area contributed by atoms with E-state index in [1.54, 1.807) is 24.3 Å². The number of ether oxygens (including phenoxy) is 1. The molecular weight excluding hydrogens is 518 g/mol. The number of fused-ring (bicyclic) bond motifs is 2. The SMILES string of the molecule is CC(C)=CCC1=C(O)c2ccccc2C(=O)C1=O.Cc1cccc(N(C)C(=S)Oc2ccc3ccccc3c2)c1. The van der Waals surface area contributed by atoms with E-state index in [4.69, 9.17) is 17.0 Å². The number of rotatable bonds is 4. The Morgan fingerprint density at radius 2 is 1.52 bits per heavy atom. The maximum Gasteiger partial charge on any atom is 0.269 e. The zero-order chi connectivity index (χ0) is 28.8. The van der Waals surface area contributed by atoms with Crippen LogP contribution >= 0.6 is 12.2 Å². The molecule has 4 aromatic carbocycles. The summed E-state index contributed by atoms with van der Waals surface area (Å²) in [6, 6.07) is 29.0. The van der Waals surface area contributed by atoms with Gasteiger partial charge in [0.1, 0.15) is 11.5 Å². The molecule has 1 N–H and O–H groups in total. The molecule has 1 aliphatic rings. The van der Waals surface area contributed by atoms with Crippen LogP contribution in [0, 0.1) is 6.92 Å². The van der Waals surface area contributed by atoms with Gasteiger partial charge in [-0.25, -0.2) is 0 Å². The molecule has 0 radical (unpaired) electrons. The van der Waals surface area contributed by atoms with Crippen molar-refractivity contribution in [2.45, 2.75) is 27.2 Å². The lowest BCUT2D eigenvalue weighted by atomic mass is 9.87. The Kier molecular flexibility index (Phi) is 8.92. The monoisotopic (exact) mass is 549 g/mol. The molecule has 0 amide bonds. The number of aliphatic hydroxyl groups is 1. The summed E-state index contributed by atoms with van der Waals surface area (Å²) in [5.74, 6) is -0.472. The van der Waals surface area contributed by atoms with Gasteiger partial charge in [0.05, 0.1) is 0 Å². The van der Waals surface area contributed by atoms with E-state index in [-0.39, 0.29) is 23.3 Å². The number of carbonyl (C=O) groups is 2. The van der Waals surface area contributed by atoms with E-state index < -0.39 is 11.6 Å². The third kappa shape index (κ3) is 6.53. The van der Waals surface area contributed by atoms with Crippen molar-refractivity contribution >= 4 is 51.2 Å². The second-order valence-corrected chi connectivity index (χ2v) is 10.1. The zero-order valence-electron chi connectivity index (χ0n) is 23.0. The van der Waals surface area contributed by atoms with Gasteiger partial charge in [-0.3, -0.25) is 9.59 Å². The van der Waals surface area contributed by atoms with E-state index >= 15 is 0 Å². The fraction of sp³-hybridized carbons (Fsp3) is 0.147. The average Bonchev–Trinajstić information content (AvgIpc) is 2.95. The van der Waals surface area contributed by atoms with Crippen LogP contribution in [0.2, 0.25) is 0 Å². The van der Waals surface area contributed by atoms with Crippen molar-refractivity contribution < 1.29 is 19.4 Å². The molecule has 5 rings (SSSR count). The highest BCUT2D eigenvalue weighted by atomic mass is 32.1. The molecular formula is C34H31NO4S. The minimum atomic E-state index is -0.608. The molecule has 0 atom stereocenters. The number of benzene rings is 4. The summed E-state index contributed by atoms with van der Waals surface area (Å²) in [6.07, 6.45) is 2.11. The van der Waals surface area contributed by atoms with Crippen LogP contribution < -0.4 is 9.64 Å². The van der Waals surface area contributed by atoms with E-state index in [2.05, 4.69) is 31.2 Å². The molecule has 4 aromatic rings. The molecule has 0 heterocycles. The van der Waals surface area contributed by atoms with E-state index in [1.165, 1.54) is 10.9 Å². The van der Waals surface area contributed by atoms with Crippen molar-refractivity contribution in [2.24, 2.45) is 0 Å². The van der Waals surface area contributed by atoms with E-state index in [9.17, 15) is 14.7 Å². The van der Waals surface area contributed by atoms with Crippen LogP contribution in [0.4, 0.5) is 5.69 Å². The summed E-state index contributed by atoms with van der Waals surface area (Å²) in [5.41, 5.74) is 4.15. The Labute approximate surface area is 240 Å². The van der Waals surface area contributed by atoms with Crippen molar-refractivity contribution in [2.75, 3.05) is 11.9 Å². The number of Topliss-reactive ketones (excluding diaryl/α,β-unsaturated/α-hetero) is 2. The first-order valence-electron chi connectivity index (χ1n) is 12.9. The molecule has 0 bridgehead atoms. The van der Waals surface area contributed by atoms with Crippen molar-refractivity contribution in [1.82, 2.24) is 0 Å². The van der Waals surface area contributed by atoms with Crippen molar-refractivity contribution in [3.05, 3.63) is 125 Å². The second kappa shape index (κ2) is 12.5. The summed E-state index contributed by atoms with van der Waals surface area (Å²) >= 11 is 5.41. The molecule has 0 spiro atoms. The topological polar surface area (TPSA) is 66.8 Å². The lowest BCUT2D eigenvalue weighted by Gasteiger charge is -2.20. The van der Waals surface area contributed by atoms with E-state index in [1.807, 2.05) is 74.3 Å². The van der Waals surface area contributed by atoms with Gasteiger partial charge in [-0.05, 0) is 80.0 Å².